The van der Waals surface area contributed by atoms with Crippen LogP contribution < -0.4 is 10.1 Å². The van der Waals surface area contributed by atoms with E-state index in [1.807, 2.05) is 0 Å². The number of hydrogen-bond donors (Lipinski definition) is 2. The average Bonchev–Trinajstić information content (AvgIpc) is 2.99. The summed E-state index contributed by atoms with van der Waals surface area (Å²) in [7, 11) is 1.43. The predicted octanol–water partition coefficient (Wildman–Crippen LogP) is 2.64. The van der Waals surface area contributed by atoms with Crippen molar-refractivity contribution in [1.82, 2.24) is 9.78 Å². The minimum atomic E-state index is -1.05. The van der Waals surface area contributed by atoms with E-state index in [0.29, 0.717) is 23.0 Å². The topological polar surface area (TPSA) is 93.4 Å². The van der Waals surface area contributed by atoms with E-state index in [1.165, 1.54) is 44.6 Å². The molecule has 1 aromatic carbocycles. The maximum atomic E-state index is 12.5. The van der Waals surface area contributed by atoms with E-state index in [2.05, 4.69) is 10.4 Å². The number of benzene rings is 1. The Morgan fingerprint density at radius 2 is 2.17 bits per heavy atom. The molecule has 0 saturated heterocycles. The monoisotopic (exact) mass is 329 g/mol. The van der Waals surface area contributed by atoms with Gasteiger partial charge in [0.1, 0.15) is 11.4 Å². The van der Waals surface area contributed by atoms with Crippen LogP contribution in [0.1, 0.15) is 40.1 Å². The van der Waals surface area contributed by atoms with Gasteiger partial charge in [0.25, 0.3) is 5.91 Å². The number of ether oxygens (including phenoxy) is 1. The number of carbonyl (C=O) groups is 2. The third kappa shape index (κ3) is 3.24. The predicted molar refractivity (Wildman–Crippen MR) is 87.5 cm³/mol. The molecule has 1 aliphatic rings. The minimum Gasteiger partial charge on any atom is -0.495 e. The summed E-state index contributed by atoms with van der Waals surface area (Å²) in [6.07, 6.45) is 5.19. The largest absolute Gasteiger partial charge is 0.495 e. The summed E-state index contributed by atoms with van der Waals surface area (Å²) < 4.78 is 6.89. The molecule has 1 fully saturated rings. The molecule has 24 heavy (non-hydrogen) atoms. The summed E-state index contributed by atoms with van der Waals surface area (Å²) >= 11 is 0. The summed E-state index contributed by atoms with van der Waals surface area (Å²) in [5, 5.41) is 16.0. The fraction of sp³-hybridized carbons (Fsp3) is 0.353. The molecule has 0 aliphatic heterocycles. The van der Waals surface area contributed by atoms with Crippen molar-refractivity contribution in [3.63, 3.8) is 0 Å². The lowest BCUT2D eigenvalue weighted by Crippen LogP contribution is -2.24. The minimum absolute atomic E-state index is 0.0971. The molecule has 1 aliphatic carbocycles. The number of methoxy groups -OCH3 is 1. The second kappa shape index (κ2) is 6.74. The number of nitrogens with zero attached hydrogens (tertiary/aromatic N) is 2. The Bertz CT molecular complexity index is 765. The van der Waals surface area contributed by atoms with Gasteiger partial charge < -0.3 is 15.2 Å². The molecule has 0 spiro atoms. The second-order valence-corrected chi connectivity index (χ2v) is 5.87. The Balaban J connectivity index is 1.77. The van der Waals surface area contributed by atoms with Crippen molar-refractivity contribution in [3.8, 4) is 5.75 Å². The zero-order chi connectivity index (χ0) is 17.1. The standard InChI is InChI=1S/C17H19N3O4/c1-24-15-9-12(17(22)23)5-6-13(15)19-16(21)14-7-8-18-20(14)10-11-3-2-4-11/h5-9,11H,2-4,10H2,1H3,(H,19,21)(H,22,23). The van der Waals surface area contributed by atoms with Gasteiger partial charge >= 0.3 is 5.97 Å². The van der Waals surface area contributed by atoms with Crippen molar-refractivity contribution in [3.05, 3.63) is 41.7 Å². The molecule has 126 valence electrons. The lowest BCUT2D eigenvalue weighted by atomic mass is 9.85. The third-order valence-corrected chi connectivity index (χ3v) is 4.30. The maximum Gasteiger partial charge on any atom is 0.335 e. The quantitative estimate of drug-likeness (QED) is 0.850. The first-order chi connectivity index (χ1) is 11.6. The molecule has 7 nitrogen and oxygen atoms in total. The highest BCUT2D eigenvalue weighted by Crippen LogP contribution is 2.29. The van der Waals surface area contributed by atoms with Crippen LogP contribution in [0.4, 0.5) is 5.69 Å². The Labute approximate surface area is 139 Å². The first kappa shape index (κ1) is 16.0. The zero-order valence-electron chi connectivity index (χ0n) is 13.4. The highest BCUT2D eigenvalue weighted by atomic mass is 16.5. The molecule has 0 radical (unpaired) electrons. The summed E-state index contributed by atoms with van der Waals surface area (Å²) in [6.45, 7) is 0.741. The molecule has 0 atom stereocenters. The number of carbonyl (C=O) groups excluding carboxylic acids is 1. The lowest BCUT2D eigenvalue weighted by molar-refractivity contribution is 0.0696. The molecule has 0 bridgehead atoms. The van der Waals surface area contributed by atoms with Crippen LogP contribution in [-0.4, -0.2) is 33.9 Å². The summed E-state index contributed by atoms with van der Waals surface area (Å²) in [5.74, 6) is -0.466. The number of carboxylic acid groups (broad SMARTS) is 1. The Morgan fingerprint density at radius 3 is 2.79 bits per heavy atom. The highest BCUT2D eigenvalue weighted by molar-refractivity contribution is 6.04. The Hall–Kier alpha value is -2.83. The average molecular weight is 329 g/mol. The van der Waals surface area contributed by atoms with Gasteiger partial charge in [-0.3, -0.25) is 9.48 Å². The van der Waals surface area contributed by atoms with Crippen molar-refractivity contribution in [1.29, 1.82) is 0 Å². The first-order valence-electron chi connectivity index (χ1n) is 7.83. The number of anilines is 1. The summed E-state index contributed by atoms with van der Waals surface area (Å²) in [5.41, 5.74) is 0.995. The molecule has 3 rings (SSSR count). The second-order valence-electron chi connectivity index (χ2n) is 5.87. The number of carboxylic acids is 1. The Morgan fingerprint density at radius 1 is 1.38 bits per heavy atom. The molecule has 1 aromatic heterocycles. The molecule has 0 unspecified atom stereocenters. The van der Waals surface area contributed by atoms with Crippen LogP contribution in [-0.2, 0) is 6.54 Å². The van der Waals surface area contributed by atoms with Crippen molar-refractivity contribution in [2.75, 3.05) is 12.4 Å². The lowest BCUT2D eigenvalue weighted by Gasteiger charge is -2.25. The molecule has 1 heterocycles. The highest BCUT2D eigenvalue weighted by Gasteiger charge is 2.21. The SMILES string of the molecule is COc1cc(C(=O)O)ccc1NC(=O)c1ccnn1CC1CCC1. The number of aromatic nitrogens is 2. The molecule has 1 amide bonds. The molecule has 2 aromatic rings. The number of nitrogens with one attached hydrogen (secondary N) is 1. The van der Waals surface area contributed by atoms with Crippen LogP contribution in [0.15, 0.2) is 30.5 Å². The molecular weight excluding hydrogens is 310 g/mol. The van der Waals surface area contributed by atoms with Crippen LogP contribution in [0.25, 0.3) is 0 Å². The maximum absolute atomic E-state index is 12.5. The van der Waals surface area contributed by atoms with Crippen molar-refractivity contribution in [2.24, 2.45) is 5.92 Å². The van der Waals surface area contributed by atoms with E-state index < -0.39 is 5.97 Å². The van der Waals surface area contributed by atoms with Gasteiger partial charge in [0.05, 0.1) is 18.4 Å². The van der Waals surface area contributed by atoms with Gasteiger partial charge in [0.15, 0.2) is 0 Å². The zero-order valence-corrected chi connectivity index (χ0v) is 13.4. The van der Waals surface area contributed by atoms with E-state index in [0.717, 1.165) is 6.54 Å². The smallest absolute Gasteiger partial charge is 0.335 e. The summed E-state index contributed by atoms with van der Waals surface area (Å²) in [6, 6.07) is 5.99. The van der Waals surface area contributed by atoms with Crippen molar-refractivity contribution >= 4 is 17.6 Å². The number of hydrogen-bond acceptors (Lipinski definition) is 4. The fourth-order valence-electron chi connectivity index (χ4n) is 2.70. The molecule has 2 N–H and O–H groups in total. The Kier molecular flexibility index (Phi) is 4.50. The van der Waals surface area contributed by atoms with Gasteiger partial charge in [-0.2, -0.15) is 5.10 Å². The fourth-order valence-corrected chi connectivity index (χ4v) is 2.70. The van der Waals surface area contributed by atoms with E-state index in [-0.39, 0.29) is 11.5 Å². The number of amides is 1. The van der Waals surface area contributed by atoms with Crippen LogP contribution in [0, 0.1) is 5.92 Å². The van der Waals surface area contributed by atoms with E-state index in [9.17, 15) is 9.59 Å². The van der Waals surface area contributed by atoms with E-state index in [1.54, 1.807) is 16.9 Å². The van der Waals surface area contributed by atoms with Gasteiger partial charge in [-0.15, -0.1) is 0 Å². The van der Waals surface area contributed by atoms with Gasteiger partial charge in [-0.05, 0) is 43.0 Å². The van der Waals surface area contributed by atoms with Gasteiger partial charge in [-0.25, -0.2) is 4.79 Å². The van der Waals surface area contributed by atoms with Crippen LogP contribution in [0.5, 0.6) is 5.75 Å². The molecule has 7 heteroatoms. The van der Waals surface area contributed by atoms with E-state index >= 15 is 0 Å². The normalized spacial score (nSPS) is 14.0. The number of aromatic carboxylic acids is 1. The third-order valence-electron chi connectivity index (χ3n) is 4.30. The van der Waals surface area contributed by atoms with Gasteiger partial charge in [0.2, 0.25) is 0 Å². The molecule has 1 saturated carbocycles. The van der Waals surface area contributed by atoms with Gasteiger partial charge in [-0.1, -0.05) is 6.42 Å². The van der Waals surface area contributed by atoms with Crippen LogP contribution in [0.3, 0.4) is 0 Å². The van der Waals surface area contributed by atoms with E-state index in [4.69, 9.17) is 9.84 Å². The van der Waals surface area contributed by atoms with Crippen LogP contribution >= 0.6 is 0 Å². The van der Waals surface area contributed by atoms with Crippen LogP contribution in [0.2, 0.25) is 0 Å². The van der Waals surface area contributed by atoms with Crippen molar-refractivity contribution < 1.29 is 19.4 Å². The number of rotatable bonds is 6. The first-order valence-corrected chi connectivity index (χ1v) is 7.83. The summed E-state index contributed by atoms with van der Waals surface area (Å²) in [4.78, 5) is 23.5. The van der Waals surface area contributed by atoms with Crippen molar-refractivity contribution in [2.45, 2.75) is 25.8 Å². The molecular formula is C17H19N3O4. The van der Waals surface area contributed by atoms with Gasteiger partial charge in [0, 0.05) is 12.7 Å².